The molecule has 1 unspecified atom stereocenters. The van der Waals surface area contributed by atoms with Gasteiger partial charge in [-0.1, -0.05) is 6.07 Å². The number of halogens is 2. The molecule has 0 bridgehead atoms. The number of ether oxygens (including phenoxy) is 1. The van der Waals surface area contributed by atoms with E-state index < -0.39 is 6.61 Å². The first-order valence-corrected chi connectivity index (χ1v) is 9.18. The second-order valence-electron chi connectivity index (χ2n) is 6.02. The maximum atomic E-state index is 12.3. The fourth-order valence-corrected chi connectivity index (χ4v) is 4.17. The van der Waals surface area contributed by atoms with Crippen molar-refractivity contribution in [3.05, 3.63) is 52.5 Å². The summed E-state index contributed by atoms with van der Waals surface area (Å²) in [5, 5.41) is 14.1. The fourth-order valence-electron chi connectivity index (χ4n) is 3.27. The lowest BCUT2D eigenvalue weighted by molar-refractivity contribution is -0.0498. The largest absolute Gasteiger partial charge is 0.435 e. The number of alkyl halides is 2. The molecule has 0 aliphatic carbocycles. The molecule has 0 N–H and O–H groups in total. The smallest absolute Gasteiger partial charge is 0.387 e. The normalized spacial score (nSPS) is 17.9. The summed E-state index contributed by atoms with van der Waals surface area (Å²) in [5.74, 6) is 0.826. The van der Waals surface area contributed by atoms with Gasteiger partial charge in [-0.3, -0.25) is 4.90 Å². The highest BCUT2D eigenvalue weighted by molar-refractivity contribution is 7.10. The number of hydrogen-bond donors (Lipinski definition) is 0. The van der Waals surface area contributed by atoms with Crippen LogP contribution < -0.4 is 4.74 Å². The van der Waals surface area contributed by atoms with Crippen LogP contribution in [0, 0.1) is 0 Å². The lowest BCUT2D eigenvalue weighted by atomic mass is 10.2. The van der Waals surface area contributed by atoms with Gasteiger partial charge in [-0.25, -0.2) is 0 Å². The van der Waals surface area contributed by atoms with Crippen molar-refractivity contribution >= 4 is 11.3 Å². The van der Waals surface area contributed by atoms with E-state index in [0.29, 0.717) is 18.3 Å². The summed E-state index contributed by atoms with van der Waals surface area (Å²) in [6, 6.07) is 10.9. The Labute approximate surface area is 153 Å². The van der Waals surface area contributed by atoms with E-state index in [1.165, 1.54) is 17.0 Å². The van der Waals surface area contributed by atoms with Gasteiger partial charge >= 0.3 is 6.61 Å². The van der Waals surface area contributed by atoms with E-state index in [-0.39, 0.29) is 5.75 Å². The summed E-state index contributed by atoms with van der Waals surface area (Å²) in [6.07, 6.45) is 2.27. The third-order valence-corrected chi connectivity index (χ3v) is 5.39. The number of aromatic nitrogens is 4. The molecule has 9 heteroatoms. The van der Waals surface area contributed by atoms with Crippen LogP contribution in [0.2, 0.25) is 0 Å². The van der Waals surface area contributed by atoms with Crippen LogP contribution >= 0.6 is 11.3 Å². The summed E-state index contributed by atoms with van der Waals surface area (Å²) in [5.41, 5.74) is 0.707. The standard InChI is InChI=1S/C17H17F2N5OS/c18-17(19)25-13-7-5-12(6-8-13)24-16(20-21-22-24)11-23-9-1-3-14(23)15-4-2-10-26-15/h2,4-8,10,14,17H,1,3,9,11H2. The Kier molecular flexibility index (Phi) is 4.89. The molecule has 0 saturated carbocycles. The Hall–Kier alpha value is -2.39. The highest BCUT2D eigenvalue weighted by Crippen LogP contribution is 2.35. The molecule has 1 aliphatic heterocycles. The summed E-state index contributed by atoms with van der Waals surface area (Å²) < 4.78 is 30.6. The average molecular weight is 377 g/mol. The maximum Gasteiger partial charge on any atom is 0.387 e. The lowest BCUT2D eigenvalue weighted by Gasteiger charge is -2.22. The predicted molar refractivity (Wildman–Crippen MR) is 92.5 cm³/mol. The van der Waals surface area contributed by atoms with E-state index in [9.17, 15) is 8.78 Å². The number of nitrogens with zero attached hydrogens (tertiary/aromatic N) is 5. The molecule has 3 heterocycles. The first kappa shape index (κ1) is 17.0. The first-order valence-electron chi connectivity index (χ1n) is 8.30. The molecule has 1 aromatic carbocycles. The van der Waals surface area contributed by atoms with Crippen LogP contribution in [0.25, 0.3) is 5.69 Å². The zero-order chi connectivity index (χ0) is 17.9. The van der Waals surface area contributed by atoms with Crippen LogP contribution in [0.5, 0.6) is 5.75 Å². The van der Waals surface area contributed by atoms with Crippen molar-refractivity contribution in [3.63, 3.8) is 0 Å². The van der Waals surface area contributed by atoms with E-state index in [0.717, 1.165) is 25.2 Å². The van der Waals surface area contributed by atoms with Gasteiger partial charge in [-0.2, -0.15) is 13.5 Å². The molecule has 1 aliphatic rings. The van der Waals surface area contributed by atoms with Crippen molar-refractivity contribution in [1.82, 2.24) is 25.1 Å². The van der Waals surface area contributed by atoms with E-state index in [4.69, 9.17) is 0 Å². The number of rotatable bonds is 6. The predicted octanol–water partition coefficient (Wildman–Crippen LogP) is 3.66. The summed E-state index contributed by atoms with van der Waals surface area (Å²) in [4.78, 5) is 3.73. The van der Waals surface area contributed by atoms with E-state index >= 15 is 0 Å². The first-order chi connectivity index (χ1) is 12.7. The molecule has 6 nitrogen and oxygen atoms in total. The molecule has 1 saturated heterocycles. The SMILES string of the molecule is FC(F)Oc1ccc(-n2nnnc2CN2CCCC2c2cccs2)cc1. The summed E-state index contributed by atoms with van der Waals surface area (Å²) in [7, 11) is 0. The number of likely N-dealkylation sites (tertiary alicyclic amines) is 1. The Morgan fingerprint density at radius 3 is 2.81 bits per heavy atom. The molecule has 4 rings (SSSR count). The van der Waals surface area contributed by atoms with Gasteiger partial charge < -0.3 is 4.74 Å². The third-order valence-electron chi connectivity index (χ3n) is 4.42. The highest BCUT2D eigenvalue weighted by atomic mass is 32.1. The molecule has 26 heavy (non-hydrogen) atoms. The van der Waals surface area contributed by atoms with Gasteiger partial charge in [0.25, 0.3) is 0 Å². The minimum atomic E-state index is -2.84. The molecular formula is C17H17F2N5OS. The number of benzene rings is 1. The molecule has 0 radical (unpaired) electrons. The van der Waals surface area contributed by atoms with E-state index in [1.807, 2.05) is 0 Å². The van der Waals surface area contributed by atoms with Gasteiger partial charge in [0.15, 0.2) is 5.82 Å². The third kappa shape index (κ3) is 3.58. The molecule has 0 spiro atoms. The molecule has 0 amide bonds. The van der Waals surface area contributed by atoms with Gasteiger partial charge in [0, 0.05) is 10.9 Å². The van der Waals surface area contributed by atoms with Gasteiger partial charge in [0.2, 0.25) is 0 Å². The van der Waals surface area contributed by atoms with Crippen LogP contribution in [-0.2, 0) is 6.54 Å². The minimum Gasteiger partial charge on any atom is -0.435 e. The van der Waals surface area contributed by atoms with Crippen molar-refractivity contribution < 1.29 is 13.5 Å². The van der Waals surface area contributed by atoms with Crippen molar-refractivity contribution in [2.75, 3.05) is 6.54 Å². The molecule has 1 atom stereocenters. The molecular weight excluding hydrogens is 360 g/mol. The second kappa shape index (κ2) is 7.46. The minimum absolute atomic E-state index is 0.107. The Morgan fingerprint density at radius 2 is 2.08 bits per heavy atom. The maximum absolute atomic E-state index is 12.3. The topological polar surface area (TPSA) is 56.1 Å². The second-order valence-corrected chi connectivity index (χ2v) is 7.00. The lowest BCUT2D eigenvalue weighted by Crippen LogP contribution is -2.24. The van der Waals surface area contributed by atoms with Gasteiger partial charge in [0.05, 0.1) is 12.2 Å². The molecule has 136 valence electrons. The van der Waals surface area contributed by atoms with Crippen molar-refractivity contribution in [1.29, 1.82) is 0 Å². The van der Waals surface area contributed by atoms with Crippen LogP contribution in [0.1, 0.15) is 29.6 Å². The zero-order valence-electron chi connectivity index (χ0n) is 13.8. The zero-order valence-corrected chi connectivity index (χ0v) is 14.6. The number of tetrazole rings is 1. The average Bonchev–Trinajstić information content (AvgIpc) is 3.36. The van der Waals surface area contributed by atoms with E-state index in [2.05, 4.69) is 42.7 Å². The fraction of sp³-hybridized carbons (Fsp3) is 0.353. The molecule has 2 aromatic heterocycles. The van der Waals surface area contributed by atoms with Crippen LogP contribution in [0.3, 0.4) is 0 Å². The summed E-state index contributed by atoms with van der Waals surface area (Å²) in [6.45, 7) is -1.21. The van der Waals surface area contributed by atoms with Crippen molar-refractivity contribution in [3.8, 4) is 11.4 Å². The van der Waals surface area contributed by atoms with Crippen molar-refractivity contribution in [2.45, 2.75) is 32.0 Å². The van der Waals surface area contributed by atoms with Crippen LogP contribution in [-0.4, -0.2) is 38.3 Å². The quantitative estimate of drug-likeness (QED) is 0.656. The van der Waals surface area contributed by atoms with E-state index in [1.54, 1.807) is 28.2 Å². The number of thiophene rings is 1. The van der Waals surface area contributed by atoms with Gasteiger partial charge in [0.1, 0.15) is 5.75 Å². The van der Waals surface area contributed by atoms with Crippen LogP contribution in [0.4, 0.5) is 8.78 Å². The number of hydrogen-bond acceptors (Lipinski definition) is 6. The molecule has 3 aromatic rings. The Morgan fingerprint density at radius 1 is 1.23 bits per heavy atom. The Bertz CT molecular complexity index is 837. The van der Waals surface area contributed by atoms with Gasteiger partial charge in [-0.05, 0) is 65.5 Å². The summed E-state index contributed by atoms with van der Waals surface area (Å²) >= 11 is 1.77. The van der Waals surface area contributed by atoms with Crippen molar-refractivity contribution in [2.24, 2.45) is 0 Å². The Balaban J connectivity index is 1.52. The molecule has 1 fully saturated rings. The van der Waals surface area contributed by atoms with Gasteiger partial charge in [-0.15, -0.1) is 16.4 Å². The van der Waals surface area contributed by atoms with Crippen LogP contribution in [0.15, 0.2) is 41.8 Å². The highest BCUT2D eigenvalue weighted by Gasteiger charge is 2.28. The monoisotopic (exact) mass is 377 g/mol.